The van der Waals surface area contributed by atoms with Gasteiger partial charge in [-0.1, -0.05) is 16.7 Å². The van der Waals surface area contributed by atoms with Crippen molar-refractivity contribution < 1.29 is 19.6 Å². The standard InChI is InChI=1S/C10H11O4P/c1-7(10(12)13)6-15(14)9-5-3-2-4-8(9)11/h2-5,7H,6H2,1H3,(H-,11,12,13,14)/p+1. The van der Waals surface area contributed by atoms with Crippen LogP contribution in [0.2, 0.25) is 0 Å². The second-order valence-corrected chi connectivity index (χ2v) is 4.89. The summed E-state index contributed by atoms with van der Waals surface area (Å²) in [5.41, 5.74) is 0. The third kappa shape index (κ3) is 3.03. The van der Waals surface area contributed by atoms with Crippen LogP contribution in [0.25, 0.3) is 0 Å². The summed E-state index contributed by atoms with van der Waals surface area (Å²) < 4.78 is 11.7. The molecule has 0 bridgehead atoms. The Kier molecular flexibility index (Phi) is 3.81. The summed E-state index contributed by atoms with van der Waals surface area (Å²) in [6.07, 6.45) is 0.0439. The van der Waals surface area contributed by atoms with Gasteiger partial charge in [-0.15, -0.1) is 0 Å². The van der Waals surface area contributed by atoms with Crippen molar-refractivity contribution in [3.63, 3.8) is 0 Å². The lowest BCUT2D eigenvalue weighted by atomic mass is 10.2. The SMILES string of the molecule is CC(C[P+](=O)c1ccccc1O)C(=O)O. The van der Waals surface area contributed by atoms with Gasteiger partial charge in [0, 0.05) is 0 Å². The number of aliphatic carboxylic acids is 1. The highest BCUT2D eigenvalue weighted by atomic mass is 31.1. The van der Waals surface area contributed by atoms with E-state index in [0.29, 0.717) is 5.30 Å². The van der Waals surface area contributed by atoms with E-state index in [1.165, 1.54) is 13.0 Å². The molecule has 2 N–H and O–H groups in total. The molecule has 0 aromatic heterocycles. The van der Waals surface area contributed by atoms with Gasteiger partial charge >= 0.3 is 13.8 Å². The van der Waals surface area contributed by atoms with Crippen molar-refractivity contribution in [1.29, 1.82) is 0 Å². The van der Waals surface area contributed by atoms with Gasteiger partial charge in [-0.3, -0.25) is 4.79 Å². The Morgan fingerprint density at radius 3 is 2.60 bits per heavy atom. The number of benzene rings is 1. The molecule has 0 spiro atoms. The Labute approximate surface area is 88.3 Å². The second-order valence-electron chi connectivity index (χ2n) is 3.29. The number of phenols is 1. The number of para-hydroxylation sites is 1. The first-order chi connectivity index (χ1) is 7.02. The molecule has 1 aromatic carbocycles. The van der Waals surface area contributed by atoms with Crippen LogP contribution in [0.15, 0.2) is 24.3 Å². The summed E-state index contributed by atoms with van der Waals surface area (Å²) in [6, 6.07) is 6.27. The first-order valence-electron chi connectivity index (χ1n) is 4.48. The second kappa shape index (κ2) is 4.89. The number of rotatable bonds is 4. The molecule has 0 aliphatic rings. The number of carboxylic acids is 1. The van der Waals surface area contributed by atoms with Crippen LogP contribution < -0.4 is 5.30 Å². The Balaban J connectivity index is 2.78. The predicted molar refractivity (Wildman–Crippen MR) is 57.0 cm³/mol. The van der Waals surface area contributed by atoms with Crippen molar-refractivity contribution >= 4 is 19.1 Å². The lowest BCUT2D eigenvalue weighted by Crippen LogP contribution is -2.14. The highest BCUT2D eigenvalue weighted by molar-refractivity contribution is 7.53. The molecule has 0 radical (unpaired) electrons. The molecule has 15 heavy (non-hydrogen) atoms. The Hall–Kier alpha value is -1.41. The summed E-state index contributed by atoms with van der Waals surface area (Å²) in [5, 5.41) is 18.4. The summed E-state index contributed by atoms with van der Waals surface area (Å²) >= 11 is 0. The summed E-state index contributed by atoms with van der Waals surface area (Å²) in [7, 11) is -1.85. The van der Waals surface area contributed by atoms with E-state index in [0.717, 1.165) is 0 Å². The van der Waals surface area contributed by atoms with E-state index < -0.39 is 19.7 Å². The largest absolute Gasteiger partial charge is 0.504 e. The van der Waals surface area contributed by atoms with Gasteiger partial charge in [-0.25, -0.2) is 0 Å². The molecule has 0 amide bonds. The van der Waals surface area contributed by atoms with Crippen LogP contribution in [0.4, 0.5) is 0 Å². The van der Waals surface area contributed by atoms with Gasteiger partial charge in [0.2, 0.25) is 5.30 Å². The monoisotopic (exact) mass is 227 g/mol. The molecule has 0 aliphatic heterocycles. The highest BCUT2D eigenvalue weighted by Gasteiger charge is 2.29. The fourth-order valence-corrected chi connectivity index (χ4v) is 2.53. The molecule has 0 heterocycles. The molecule has 0 saturated carbocycles. The molecular weight excluding hydrogens is 215 g/mol. The average Bonchev–Trinajstić information content (AvgIpc) is 2.18. The van der Waals surface area contributed by atoms with Gasteiger partial charge in [0.25, 0.3) is 0 Å². The fourth-order valence-electron chi connectivity index (χ4n) is 1.10. The maximum Gasteiger partial charge on any atom is 0.381 e. The van der Waals surface area contributed by atoms with Crippen molar-refractivity contribution in [2.45, 2.75) is 6.92 Å². The molecule has 0 aliphatic carbocycles. The molecule has 1 rings (SSSR count). The molecule has 0 fully saturated rings. The average molecular weight is 227 g/mol. The zero-order valence-electron chi connectivity index (χ0n) is 8.25. The van der Waals surface area contributed by atoms with Crippen LogP contribution in [0.1, 0.15) is 6.92 Å². The van der Waals surface area contributed by atoms with Crippen LogP contribution >= 0.6 is 7.80 Å². The third-order valence-electron chi connectivity index (χ3n) is 2.01. The molecule has 5 heteroatoms. The lowest BCUT2D eigenvalue weighted by molar-refractivity contribution is -0.140. The molecule has 2 atom stereocenters. The fraction of sp³-hybridized carbons (Fsp3) is 0.300. The van der Waals surface area contributed by atoms with Gasteiger partial charge in [0.1, 0.15) is 0 Å². The van der Waals surface area contributed by atoms with Gasteiger partial charge in [-0.2, -0.15) is 0 Å². The van der Waals surface area contributed by atoms with Crippen molar-refractivity contribution in [2.75, 3.05) is 6.16 Å². The first kappa shape index (κ1) is 11.7. The van der Waals surface area contributed by atoms with E-state index in [2.05, 4.69) is 0 Å². The van der Waals surface area contributed by atoms with Crippen LogP contribution in [-0.2, 0) is 9.36 Å². The minimum atomic E-state index is -1.85. The number of hydrogen-bond donors (Lipinski definition) is 2. The zero-order chi connectivity index (χ0) is 11.4. The van der Waals surface area contributed by atoms with Crippen molar-refractivity contribution in [3.05, 3.63) is 24.3 Å². The van der Waals surface area contributed by atoms with E-state index in [1.54, 1.807) is 18.2 Å². The smallest absolute Gasteiger partial charge is 0.381 e. The first-order valence-corrected chi connectivity index (χ1v) is 5.92. The summed E-state index contributed by atoms with van der Waals surface area (Å²) in [6.45, 7) is 1.50. The highest BCUT2D eigenvalue weighted by Crippen LogP contribution is 2.27. The predicted octanol–water partition coefficient (Wildman–Crippen LogP) is 1.57. The number of aromatic hydroxyl groups is 1. The minimum Gasteiger partial charge on any atom is -0.504 e. The van der Waals surface area contributed by atoms with Crippen LogP contribution in [0, 0.1) is 5.92 Å². The van der Waals surface area contributed by atoms with Crippen LogP contribution in [0.3, 0.4) is 0 Å². The Bertz CT molecular complexity index is 389. The Morgan fingerprint density at radius 2 is 2.07 bits per heavy atom. The van der Waals surface area contributed by atoms with Gasteiger partial charge in [0.15, 0.2) is 11.9 Å². The van der Waals surface area contributed by atoms with Crippen molar-refractivity contribution in [3.8, 4) is 5.75 Å². The van der Waals surface area contributed by atoms with Crippen LogP contribution in [0.5, 0.6) is 5.75 Å². The molecule has 1 aromatic rings. The quantitative estimate of drug-likeness (QED) is 0.765. The maximum atomic E-state index is 11.7. The summed E-state index contributed by atoms with van der Waals surface area (Å²) in [4.78, 5) is 10.6. The van der Waals surface area contributed by atoms with E-state index in [-0.39, 0.29) is 11.9 Å². The normalized spacial score (nSPS) is 13.3. The number of phenolic OH excluding ortho intramolecular Hbond substituents is 1. The van der Waals surface area contributed by atoms with Gasteiger partial charge < -0.3 is 10.2 Å². The topological polar surface area (TPSA) is 74.6 Å². The molecule has 0 saturated heterocycles. The third-order valence-corrected chi connectivity index (χ3v) is 3.81. The molecular formula is C10H12O4P+. The number of carboxylic acid groups (broad SMARTS) is 1. The van der Waals surface area contributed by atoms with E-state index in [4.69, 9.17) is 5.11 Å². The molecule has 2 unspecified atom stereocenters. The number of carbonyl (C=O) groups is 1. The van der Waals surface area contributed by atoms with Gasteiger partial charge in [0.05, 0.1) is 5.92 Å². The van der Waals surface area contributed by atoms with E-state index >= 15 is 0 Å². The maximum absolute atomic E-state index is 11.7. The van der Waals surface area contributed by atoms with Crippen molar-refractivity contribution in [2.24, 2.45) is 5.92 Å². The zero-order valence-corrected chi connectivity index (χ0v) is 9.15. The summed E-state index contributed by atoms with van der Waals surface area (Å²) in [5.74, 6) is -1.70. The number of hydrogen-bond acceptors (Lipinski definition) is 3. The minimum absolute atomic E-state index is 0.0439. The van der Waals surface area contributed by atoms with Crippen molar-refractivity contribution in [1.82, 2.24) is 0 Å². The van der Waals surface area contributed by atoms with E-state index in [9.17, 15) is 14.5 Å². The van der Waals surface area contributed by atoms with Gasteiger partial charge in [-0.05, 0) is 19.1 Å². The molecule has 80 valence electrons. The Morgan fingerprint density at radius 1 is 1.47 bits per heavy atom. The van der Waals surface area contributed by atoms with E-state index in [1.807, 2.05) is 0 Å². The lowest BCUT2D eigenvalue weighted by Gasteiger charge is -1.97. The van der Waals surface area contributed by atoms with Crippen LogP contribution in [-0.4, -0.2) is 22.3 Å². The molecule has 4 nitrogen and oxygen atoms in total.